The molecule has 4 nitrogen and oxygen atoms in total. The Bertz CT molecular complexity index is 489. The second kappa shape index (κ2) is 5.95. The molecule has 90 valence electrons. The third-order valence-corrected chi connectivity index (χ3v) is 3.19. The molecule has 0 spiro atoms. The molecule has 0 atom stereocenters. The van der Waals surface area contributed by atoms with Gasteiger partial charge in [-0.25, -0.2) is 0 Å². The van der Waals surface area contributed by atoms with Crippen LogP contribution in [0.5, 0.6) is 0 Å². The zero-order chi connectivity index (χ0) is 12.1. The lowest BCUT2D eigenvalue weighted by Crippen LogP contribution is -2.00. The van der Waals surface area contributed by atoms with E-state index in [4.69, 9.17) is 16.3 Å². The number of hydrogen-bond acceptors (Lipinski definition) is 5. The van der Waals surface area contributed by atoms with Crippen molar-refractivity contribution in [3.63, 3.8) is 0 Å². The fraction of sp³-hybridized carbons (Fsp3) is 0.273. The van der Waals surface area contributed by atoms with Crippen LogP contribution in [0.1, 0.15) is 5.56 Å². The van der Waals surface area contributed by atoms with Crippen LogP contribution in [-0.2, 0) is 11.2 Å². The van der Waals surface area contributed by atoms with E-state index >= 15 is 0 Å². The minimum atomic E-state index is 0.400. The fourth-order valence-corrected chi connectivity index (χ4v) is 2.10. The SMILES string of the molecule is COCCc1ccccc1Nc1nsnc1Cl. The zero-order valence-corrected chi connectivity index (χ0v) is 10.9. The predicted octanol–water partition coefficient (Wildman–Crippen LogP) is 3.12. The van der Waals surface area contributed by atoms with Crippen molar-refractivity contribution in [2.75, 3.05) is 19.0 Å². The van der Waals surface area contributed by atoms with Crippen molar-refractivity contribution >= 4 is 34.8 Å². The Morgan fingerprint density at radius 3 is 2.88 bits per heavy atom. The quantitative estimate of drug-likeness (QED) is 0.906. The number of para-hydroxylation sites is 1. The Balaban J connectivity index is 2.17. The number of anilines is 2. The van der Waals surface area contributed by atoms with Crippen molar-refractivity contribution < 1.29 is 4.74 Å². The first-order chi connectivity index (χ1) is 8.31. The lowest BCUT2D eigenvalue weighted by molar-refractivity contribution is 0.202. The summed E-state index contributed by atoms with van der Waals surface area (Å²) in [6, 6.07) is 8.00. The maximum Gasteiger partial charge on any atom is 0.187 e. The molecule has 0 saturated carbocycles. The molecule has 0 aliphatic heterocycles. The molecule has 1 N–H and O–H groups in total. The van der Waals surface area contributed by atoms with Gasteiger partial charge in [-0.2, -0.15) is 8.75 Å². The Labute approximate surface area is 109 Å². The standard InChI is InChI=1S/C11H12ClN3OS/c1-16-7-6-8-4-2-3-5-9(8)13-11-10(12)14-17-15-11/h2-5H,6-7H2,1H3,(H,13,15). The van der Waals surface area contributed by atoms with Crippen LogP contribution < -0.4 is 5.32 Å². The molecule has 0 saturated heterocycles. The molecule has 1 aromatic carbocycles. The summed E-state index contributed by atoms with van der Waals surface area (Å²) in [6.07, 6.45) is 0.842. The largest absolute Gasteiger partial charge is 0.384 e. The summed E-state index contributed by atoms with van der Waals surface area (Å²) in [4.78, 5) is 0. The van der Waals surface area contributed by atoms with Crippen LogP contribution in [-0.4, -0.2) is 22.5 Å². The molecule has 2 aromatic rings. The van der Waals surface area contributed by atoms with Crippen LogP contribution in [0.2, 0.25) is 5.15 Å². The highest BCUT2D eigenvalue weighted by molar-refractivity contribution is 6.99. The van der Waals surface area contributed by atoms with Crippen LogP contribution in [0.25, 0.3) is 0 Å². The van der Waals surface area contributed by atoms with Gasteiger partial charge >= 0.3 is 0 Å². The third-order valence-electron chi connectivity index (χ3n) is 2.29. The number of aromatic nitrogens is 2. The molecule has 0 aliphatic carbocycles. The topological polar surface area (TPSA) is 47.0 Å². The first kappa shape index (κ1) is 12.3. The van der Waals surface area contributed by atoms with Gasteiger partial charge in [0.1, 0.15) is 0 Å². The van der Waals surface area contributed by atoms with Gasteiger partial charge in [-0.3, -0.25) is 0 Å². The second-order valence-corrected chi connectivity index (χ2v) is 4.32. The van der Waals surface area contributed by atoms with E-state index < -0.39 is 0 Å². The van der Waals surface area contributed by atoms with Gasteiger partial charge in [-0.15, -0.1) is 0 Å². The summed E-state index contributed by atoms with van der Waals surface area (Å²) in [5.41, 5.74) is 2.15. The molecule has 1 heterocycles. The number of nitrogens with one attached hydrogen (secondary N) is 1. The summed E-state index contributed by atoms with van der Waals surface area (Å²) in [6.45, 7) is 0.682. The summed E-state index contributed by atoms with van der Waals surface area (Å²) >= 11 is 6.99. The number of nitrogens with zero attached hydrogens (tertiary/aromatic N) is 2. The van der Waals surface area contributed by atoms with Crippen molar-refractivity contribution in [3.05, 3.63) is 35.0 Å². The van der Waals surface area contributed by atoms with Crippen LogP contribution in [0, 0.1) is 0 Å². The van der Waals surface area contributed by atoms with E-state index in [0.717, 1.165) is 23.8 Å². The molecule has 17 heavy (non-hydrogen) atoms. The van der Waals surface area contributed by atoms with Crippen LogP contribution in [0.4, 0.5) is 11.5 Å². The summed E-state index contributed by atoms with van der Waals surface area (Å²) in [7, 11) is 1.69. The van der Waals surface area contributed by atoms with Gasteiger partial charge in [0.05, 0.1) is 18.3 Å². The lowest BCUT2D eigenvalue weighted by Gasteiger charge is -2.09. The number of methoxy groups -OCH3 is 1. The van der Waals surface area contributed by atoms with Gasteiger partial charge in [0.2, 0.25) is 0 Å². The van der Waals surface area contributed by atoms with E-state index in [1.165, 1.54) is 5.56 Å². The second-order valence-electron chi connectivity index (χ2n) is 3.43. The van der Waals surface area contributed by atoms with Crippen molar-refractivity contribution in [2.24, 2.45) is 0 Å². The smallest absolute Gasteiger partial charge is 0.187 e. The van der Waals surface area contributed by atoms with Crippen LogP contribution >= 0.6 is 23.3 Å². The minimum Gasteiger partial charge on any atom is -0.384 e. The van der Waals surface area contributed by atoms with Gasteiger partial charge < -0.3 is 10.1 Å². The molecular weight excluding hydrogens is 258 g/mol. The van der Waals surface area contributed by atoms with E-state index in [2.05, 4.69) is 20.1 Å². The molecule has 0 fully saturated rings. The third kappa shape index (κ3) is 3.15. The Morgan fingerprint density at radius 1 is 1.35 bits per heavy atom. The summed E-state index contributed by atoms with van der Waals surface area (Å²) in [5, 5.41) is 3.58. The predicted molar refractivity (Wildman–Crippen MR) is 70.2 cm³/mol. The molecule has 0 bridgehead atoms. The van der Waals surface area contributed by atoms with Gasteiger partial charge in [0, 0.05) is 12.8 Å². The molecule has 0 unspecified atom stereocenters. The molecule has 0 aliphatic rings. The highest BCUT2D eigenvalue weighted by Crippen LogP contribution is 2.25. The average Bonchev–Trinajstić information content (AvgIpc) is 2.74. The molecule has 0 amide bonds. The molecule has 1 aromatic heterocycles. The number of ether oxygens (including phenoxy) is 1. The van der Waals surface area contributed by atoms with Crippen molar-refractivity contribution in [3.8, 4) is 0 Å². The van der Waals surface area contributed by atoms with Crippen LogP contribution in [0.3, 0.4) is 0 Å². The number of halogens is 1. The Kier molecular flexibility index (Phi) is 4.30. The number of rotatable bonds is 5. The first-order valence-corrected chi connectivity index (χ1v) is 6.24. The fourth-order valence-electron chi connectivity index (χ4n) is 1.45. The highest BCUT2D eigenvalue weighted by atomic mass is 35.5. The van der Waals surface area contributed by atoms with Gasteiger partial charge in [-0.05, 0) is 18.1 Å². The van der Waals surface area contributed by atoms with Gasteiger partial charge in [0.25, 0.3) is 0 Å². The molecular formula is C11H12ClN3OS. The van der Waals surface area contributed by atoms with Crippen molar-refractivity contribution in [2.45, 2.75) is 6.42 Å². The van der Waals surface area contributed by atoms with Crippen molar-refractivity contribution in [1.29, 1.82) is 0 Å². The Hall–Kier alpha value is -1.17. The van der Waals surface area contributed by atoms with Crippen LogP contribution in [0.15, 0.2) is 24.3 Å². The lowest BCUT2D eigenvalue weighted by atomic mass is 10.1. The minimum absolute atomic E-state index is 0.400. The van der Waals surface area contributed by atoms with E-state index in [1.54, 1.807) is 7.11 Å². The molecule has 2 rings (SSSR count). The summed E-state index contributed by atoms with van der Waals surface area (Å²) < 4.78 is 13.1. The highest BCUT2D eigenvalue weighted by Gasteiger charge is 2.07. The summed E-state index contributed by atoms with van der Waals surface area (Å²) in [5.74, 6) is 0.599. The van der Waals surface area contributed by atoms with E-state index in [1.807, 2.05) is 18.2 Å². The van der Waals surface area contributed by atoms with E-state index in [9.17, 15) is 0 Å². The maximum atomic E-state index is 5.90. The van der Waals surface area contributed by atoms with Crippen molar-refractivity contribution in [1.82, 2.24) is 8.75 Å². The molecule has 0 radical (unpaired) electrons. The maximum absolute atomic E-state index is 5.90. The van der Waals surface area contributed by atoms with E-state index in [-0.39, 0.29) is 0 Å². The van der Waals surface area contributed by atoms with E-state index in [0.29, 0.717) is 17.6 Å². The monoisotopic (exact) mass is 269 g/mol. The average molecular weight is 270 g/mol. The first-order valence-electron chi connectivity index (χ1n) is 5.13. The van der Waals surface area contributed by atoms with Gasteiger partial charge in [-0.1, -0.05) is 29.8 Å². The Morgan fingerprint density at radius 2 is 2.18 bits per heavy atom. The normalized spacial score (nSPS) is 10.5. The zero-order valence-electron chi connectivity index (χ0n) is 9.31. The number of benzene rings is 1. The number of hydrogen-bond donors (Lipinski definition) is 1. The molecule has 6 heteroatoms. The van der Waals surface area contributed by atoms with Gasteiger partial charge in [0.15, 0.2) is 11.0 Å².